The third-order valence-corrected chi connectivity index (χ3v) is 2.51. The normalized spacial score (nSPS) is 13.7. The summed E-state index contributed by atoms with van der Waals surface area (Å²) in [5.41, 5.74) is 2.58. The first-order valence-electron chi connectivity index (χ1n) is 5.01. The Labute approximate surface area is 86.1 Å². The number of carbonyl (C=O) groups is 1. The van der Waals surface area contributed by atoms with Crippen molar-refractivity contribution in [2.45, 2.75) is 39.0 Å². The van der Waals surface area contributed by atoms with Crippen LogP contribution < -0.4 is 0 Å². The molecule has 0 fully saturated rings. The van der Waals surface area contributed by atoms with Crippen LogP contribution >= 0.6 is 0 Å². The first-order valence-corrected chi connectivity index (χ1v) is 5.01. The number of hydrogen-bond donors (Lipinski definition) is 0. The molecule has 0 aliphatic rings. The largest absolute Gasteiger partial charge is 0.303 e. The number of aldehydes is 1. The van der Waals surface area contributed by atoms with E-state index in [2.05, 4.69) is 32.9 Å². The van der Waals surface area contributed by atoms with E-state index in [-0.39, 0.29) is 11.3 Å². The molecule has 1 aromatic carbocycles. The summed E-state index contributed by atoms with van der Waals surface area (Å²) in [6.45, 7) is 8.47. The van der Waals surface area contributed by atoms with Gasteiger partial charge in [0.2, 0.25) is 0 Å². The first kappa shape index (κ1) is 11.0. The molecule has 0 aromatic heterocycles. The molecule has 0 radical (unpaired) electrons. The number of carbonyl (C=O) groups excluding carboxylic acids is 1. The van der Waals surface area contributed by atoms with Crippen LogP contribution in [-0.4, -0.2) is 6.29 Å². The molecule has 14 heavy (non-hydrogen) atoms. The zero-order valence-corrected chi connectivity index (χ0v) is 9.37. The van der Waals surface area contributed by atoms with Crippen LogP contribution in [0.5, 0.6) is 0 Å². The van der Waals surface area contributed by atoms with E-state index in [0.717, 1.165) is 11.8 Å². The molecular formula is C13H18O. The molecule has 0 aliphatic carbocycles. The minimum Gasteiger partial charge on any atom is -0.303 e. The zero-order valence-electron chi connectivity index (χ0n) is 9.37. The Hall–Kier alpha value is -1.11. The molecule has 1 heteroatoms. The van der Waals surface area contributed by atoms with E-state index in [1.807, 2.05) is 19.1 Å². The topological polar surface area (TPSA) is 17.1 Å². The predicted octanol–water partition coefficient (Wildman–Crippen LogP) is 3.29. The summed E-state index contributed by atoms with van der Waals surface area (Å²) in [7, 11) is 0. The van der Waals surface area contributed by atoms with Crippen molar-refractivity contribution in [2.75, 3.05) is 0 Å². The van der Waals surface area contributed by atoms with Gasteiger partial charge in [-0.25, -0.2) is 0 Å². The monoisotopic (exact) mass is 190 g/mol. The Morgan fingerprint density at radius 2 is 1.64 bits per heavy atom. The average molecular weight is 190 g/mol. The molecule has 1 unspecified atom stereocenters. The predicted molar refractivity (Wildman–Crippen MR) is 59.6 cm³/mol. The van der Waals surface area contributed by atoms with Gasteiger partial charge in [0.05, 0.1) is 0 Å². The van der Waals surface area contributed by atoms with Crippen molar-refractivity contribution in [3.05, 3.63) is 35.4 Å². The van der Waals surface area contributed by atoms with Crippen LogP contribution in [0.25, 0.3) is 0 Å². The molecule has 0 N–H and O–H groups in total. The third kappa shape index (κ3) is 2.44. The van der Waals surface area contributed by atoms with Gasteiger partial charge in [0.25, 0.3) is 0 Å². The minimum absolute atomic E-state index is 0.00372. The number of hydrogen-bond acceptors (Lipinski definition) is 1. The number of rotatable bonds is 2. The van der Waals surface area contributed by atoms with Crippen LogP contribution in [0.1, 0.15) is 44.7 Å². The van der Waals surface area contributed by atoms with Gasteiger partial charge in [-0.1, -0.05) is 52.0 Å². The Morgan fingerprint density at radius 1 is 1.14 bits per heavy atom. The van der Waals surface area contributed by atoms with Gasteiger partial charge in [-0.2, -0.15) is 0 Å². The molecule has 1 nitrogen and oxygen atoms in total. The highest BCUT2D eigenvalue weighted by Crippen LogP contribution is 2.23. The standard InChI is InChI=1S/C13H18O/c1-10(9-14)11-5-7-12(8-6-11)13(2,3)4/h5-10H,1-4H3. The summed E-state index contributed by atoms with van der Waals surface area (Å²) >= 11 is 0. The summed E-state index contributed by atoms with van der Waals surface area (Å²) in [6, 6.07) is 8.30. The van der Waals surface area contributed by atoms with E-state index in [0.29, 0.717) is 0 Å². The molecule has 1 rings (SSSR count). The molecular weight excluding hydrogens is 172 g/mol. The second-order valence-corrected chi connectivity index (χ2v) is 4.80. The third-order valence-electron chi connectivity index (χ3n) is 2.51. The van der Waals surface area contributed by atoms with Gasteiger partial charge in [-0.3, -0.25) is 0 Å². The van der Waals surface area contributed by atoms with Crippen LogP contribution in [0.3, 0.4) is 0 Å². The van der Waals surface area contributed by atoms with E-state index in [9.17, 15) is 4.79 Å². The Bertz CT molecular complexity index is 303. The maximum Gasteiger partial charge on any atom is 0.127 e. The summed E-state index contributed by atoms with van der Waals surface area (Å²) in [4.78, 5) is 10.6. The molecule has 0 spiro atoms. The molecule has 0 heterocycles. The van der Waals surface area contributed by atoms with Crippen LogP contribution in [0.2, 0.25) is 0 Å². The summed E-state index contributed by atoms with van der Waals surface area (Å²) in [5.74, 6) is 0.00372. The SMILES string of the molecule is CC(C=O)c1ccc(C(C)(C)C)cc1. The highest BCUT2D eigenvalue weighted by atomic mass is 16.1. The fraction of sp³-hybridized carbons (Fsp3) is 0.462. The van der Waals surface area contributed by atoms with Crippen molar-refractivity contribution in [1.82, 2.24) is 0 Å². The molecule has 1 aromatic rings. The zero-order chi connectivity index (χ0) is 10.8. The van der Waals surface area contributed by atoms with Gasteiger partial charge in [-0.15, -0.1) is 0 Å². The minimum atomic E-state index is 0.00372. The second-order valence-electron chi connectivity index (χ2n) is 4.80. The Morgan fingerprint density at radius 3 is 2.00 bits per heavy atom. The van der Waals surface area contributed by atoms with Crippen molar-refractivity contribution in [2.24, 2.45) is 0 Å². The van der Waals surface area contributed by atoms with Gasteiger partial charge in [0, 0.05) is 5.92 Å². The average Bonchev–Trinajstić information content (AvgIpc) is 2.15. The van der Waals surface area contributed by atoms with Gasteiger partial charge >= 0.3 is 0 Å². The lowest BCUT2D eigenvalue weighted by molar-refractivity contribution is -0.108. The molecule has 0 saturated heterocycles. The quantitative estimate of drug-likeness (QED) is 0.654. The number of benzene rings is 1. The highest BCUT2D eigenvalue weighted by molar-refractivity contribution is 5.61. The Balaban J connectivity index is 2.95. The molecule has 0 saturated carbocycles. The van der Waals surface area contributed by atoms with E-state index in [1.165, 1.54) is 5.56 Å². The van der Waals surface area contributed by atoms with Crippen LogP contribution in [0.15, 0.2) is 24.3 Å². The van der Waals surface area contributed by atoms with E-state index >= 15 is 0 Å². The lowest BCUT2D eigenvalue weighted by atomic mass is 9.86. The highest BCUT2D eigenvalue weighted by Gasteiger charge is 2.13. The van der Waals surface area contributed by atoms with Crippen molar-refractivity contribution in [1.29, 1.82) is 0 Å². The summed E-state index contributed by atoms with van der Waals surface area (Å²) in [5, 5.41) is 0. The molecule has 0 aliphatic heterocycles. The van der Waals surface area contributed by atoms with Crippen molar-refractivity contribution in [3.63, 3.8) is 0 Å². The van der Waals surface area contributed by atoms with Crippen LogP contribution in [0.4, 0.5) is 0 Å². The van der Waals surface area contributed by atoms with Gasteiger partial charge < -0.3 is 4.79 Å². The Kier molecular flexibility index (Phi) is 3.10. The van der Waals surface area contributed by atoms with Gasteiger partial charge in [0.1, 0.15) is 6.29 Å². The lowest BCUT2D eigenvalue weighted by Gasteiger charge is -2.19. The van der Waals surface area contributed by atoms with E-state index in [1.54, 1.807) is 0 Å². The van der Waals surface area contributed by atoms with Crippen molar-refractivity contribution >= 4 is 6.29 Å². The summed E-state index contributed by atoms with van der Waals surface area (Å²) in [6.07, 6.45) is 0.978. The van der Waals surface area contributed by atoms with E-state index in [4.69, 9.17) is 0 Å². The van der Waals surface area contributed by atoms with Crippen molar-refractivity contribution < 1.29 is 4.79 Å². The fourth-order valence-corrected chi connectivity index (χ4v) is 1.37. The first-order chi connectivity index (χ1) is 6.45. The molecule has 76 valence electrons. The molecule has 1 atom stereocenters. The fourth-order valence-electron chi connectivity index (χ4n) is 1.37. The van der Waals surface area contributed by atoms with Gasteiger partial charge in [-0.05, 0) is 16.5 Å². The van der Waals surface area contributed by atoms with Gasteiger partial charge in [0.15, 0.2) is 0 Å². The lowest BCUT2D eigenvalue weighted by Crippen LogP contribution is -2.10. The van der Waals surface area contributed by atoms with Crippen molar-refractivity contribution in [3.8, 4) is 0 Å². The molecule has 0 amide bonds. The molecule has 0 bridgehead atoms. The smallest absolute Gasteiger partial charge is 0.127 e. The maximum atomic E-state index is 10.6. The van der Waals surface area contributed by atoms with Crippen LogP contribution in [-0.2, 0) is 10.2 Å². The maximum absolute atomic E-state index is 10.6. The van der Waals surface area contributed by atoms with E-state index < -0.39 is 0 Å². The second kappa shape index (κ2) is 3.95. The summed E-state index contributed by atoms with van der Waals surface area (Å²) < 4.78 is 0. The van der Waals surface area contributed by atoms with Crippen LogP contribution in [0, 0.1) is 0 Å².